The molecule has 1 aromatic carbocycles. The second-order valence-electron chi connectivity index (χ2n) is 9.21. The molecule has 2 heterocycles. The predicted octanol–water partition coefficient (Wildman–Crippen LogP) is 3.89. The molecular weight excluding hydrogens is 390 g/mol. The van der Waals surface area contributed by atoms with Gasteiger partial charge in [-0.25, -0.2) is 4.98 Å². The molecule has 1 fully saturated rings. The smallest absolute Gasteiger partial charge is 0.234 e. The molecule has 1 N–H and O–H groups in total. The van der Waals surface area contributed by atoms with Gasteiger partial charge in [-0.3, -0.25) is 4.79 Å². The summed E-state index contributed by atoms with van der Waals surface area (Å²) < 4.78 is 5.45. The fourth-order valence-corrected chi connectivity index (χ4v) is 4.77. The van der Waals surface area contributed by atoms with Crippen LogP contribution in [0.5, 0.6) is 5.75 Å². The number of nitrogens with one attached hydrogen (secondary N) is 1. The number of carbonyl (C=O) groups is 1. The Hall–Kier alpha value is -2.83. The maximum absolute atomic E-state index is 13.1. The molecule has 0 bridgehead atoms. The van der Waals surface area contributed by atoms with Gasteiger partial charge in [0.1, 0.15) is 11.4 Å². The number of ether oxygens (including phenoxy) is 1. The zero-order valence-electron chi connectivity index (χ0n) is 19.0. The van der Waals surface area contributed by atoms with Gasteiger partial charge in [0.05, 0.1) is 18.7 Å². The van der Waals surface area contributed by atoms with Crippen LogP contribution >= 0.6 is 0 Å². The molecule has 2 aliphatic rings. The van der Waals surface area contributed by atoms with Crippen LogP contribution in [0.2, 0.25) is 0 Å². The van der Waals surface area contributed by atoms with Crippen LogP contribution in [0.4, 0.5) is 17.5 Å². The number of fused-ring (bicyclic) bond motifs is 1. The standard InChI is InChI=1S/C24H33N5O2/c1-24(2)16-29(18-10-6-7-11-18)21-19(28(3)22(24)30)15-26-23(27-21)25-14-13-17-9-5-8-12-20(17)31-4/h5,8-9,12,15,18H,6-7,10-11,13-14,16H2,1-4H3,(H,25,26,27). The molecule has 0 radical (unpaired) electrons. The highest BCUT2D eigenvalue weighted by Gasteiger charge is 2.41. The number of nitrogens with zero attached hydrogens (tertiary/aromatic N) is 4. The van der Waals surface area contributed by atoms with Crippen LogP contribution in [-0.4, -0.2) is 49.2 Å². The van der Waals surface area contributed by atoms with Crippen LogP contribution in [0.15, 0.2) is 30.5 Å². The normalized spacial score (nSPS) is 18.6. The molecule has 2 aromatic rings. The second-order valence-corrected chi connectivity index (χ2v) is 9.21. The van der Waals surface area contributed by atoms with E-state index in [2.05, 4.69) is 21.3 Å². The van der Waals surface area contributed by atoms with E-state index in [-0.39, 0.29) is 5.91 Å². The van der Waals surface area contributed by atoms with E-state index in [0.29, 0.717) is 25.1 Å². The molecule has 1 aliphatic heterocycles. The van der Waals surface area contributed by atoms with E-state index in [1.807, 2.05) is 39.1 Å². The number of para-hydroxylation sites is 1. The molecule has 166 valence electrons. The number of anilines is 3. The maximum Gasteiger partial charge on any atom is 0.234 e. The van der Waals surface area contributed by atoms with Gasteiger partial charge in [-0.2, -0.15) is 4.98 Å². The number of carbonyl (C=O) groups excluding carboxylic acids is 1. The molecular formula is C24H33N5O2. The monoisotopic (exact) mass is 423 g/mol. The van der Waals surface area contributed by atoms with Crippen LogP contribution in [0.3, 0.4) is 0 Å². The zero-order valence-corrected chi connectivity index (χ0v) is 19.0. The highest BCUT2D eigenvalue weighted by atomic mass is 16.5. The summed E-state index contributed by atoms with van der Waals surface area (Å²) in [5.41, 5.74) is 1.46. The quantitative estimate of drug-likeness (QED) is 0.760. The Morgan fingerprint density at radius 2 is 1.97 bits per heavy atom. The summed E-state index contributed by atoms with van der Waals surface area (Å²) in [6, 6.07) is 8.46. The third-order valence-electron chi connectivity index (χ3n) is 6.47. The van der Waals surface area contributed by atoms with Crippen LogP contribution < -0.4 is 19.9 Å². The second kappa shape index (κ2) is 8.73. The van der Waals surface area contributed by atoms with Gasteiger partial charge in [-0.1, -0.05) is 31.0 Å². The highest BCUT2D eigenvalue weighted by Crippen LogP contribution is 2.40. The first-order chi connectivity index (χ1) is 14.9. The summed E-state index contributed by atoms with van der Waals surface area (Å²) in [5.74, 6) is 2.46. The molecule has 7 heteroatoms. The summed E-state index contributed by atoms with van der Waals surface area (Å²) in [5, 5.41) is 3.36. The fraction of sp³-hybridized carbons (Fsp3) is 0.542. The fourth-order valence-electron chi connectivity index (χ4n) is 4.77. The van der Waals surface area contributed by atoms with Gasteiger partial charge >= 0.3 is 0 Å². The molecule has 0 unspecified atom stereocenters. The van der Waals surface area contributed by atoms with E-state index < -0.39 is 5.41 Å². The largest absolute Gasteiger partial charge is 0.496 e. The molecule has 4 rings (SSSR count). The number of methoxy groups -OCH3 is 1. The summed E-state index contributed by atoms with van der Waals surface area (Å²) in [6.45, 7) is 5.42. The van der Waals surface area contributed by atoms with E-state index >= 15 is 0 Å². The van der Waals surface area contributed by atoms with Gasteiger partial charge in [0.25, 0.3) is 0 Å². The zero-order chi connectivity index (χ0) is 22.0. The number of aromatic nitrogens is 2. The van der Waals surface area contributed by atoms with Gasteiger partial charge in [-0.15, -0.1) is 0 Å². The van der Waals surface area contributed by atoms with Gasteiger partial charge in [0.2, 0.25) is 11.9 Å². The van der Waals surface area contributed by atoms with E-state index in [1.54, 1.807) is 18.2 Å². The first kappa shape index (κ1) is 21.4. The lowest BCUT2D eigenvalue weighted by Crippen LogP contribution is -2.45. The van der Waals surface area contributed by atoms with Gasteiger partial charge in [-0.05, 0) is 44.7 Å². The predicted molar refractivity (Wildman–Crippen MR) is 124 cm³/mol. The average Bonchev–Trinajstić information content (AvgIpc) is 3.29. The number of amides is 1. The third-order valence-corrected chi connectivity index (χ3v) is 6.47. The molecule has 0 atom stereocenters. The van der Waals surface area contributed by atoms with Crippen molar-refractivity contribution in [2.75, 3.05) is 42.4 Å². The summed E-state index contributed by atoms with van der Waals surface area (Å²) >= 11 is 0. The summed E-state index contributed by atoms with van der Waals surface area (Å²) in [4.78, 5) is 26.6. The Kier molecular flexibility index (Phi) is 6.03. The van der Waals surface area contributed by atoms with Gasteiger partial charge < -0.3 is 19.9 Å². The van der Waals surface area contributed by atoms with Crippen LogP contribution in [0, 0.1) is 5.41 Å². The molecule has 0 saturated heterocycles. The molecule has 1 saturated carbocycles. The lowest BCUT2D eigenvalue weighted by molar-refractivity contribution is -0.125. The number of benzene rings is 1. The lowest BCUT2D eigenvalue weighted by atomic mass is 9.91. The first-order valence-corrected chi connectivity index (χ1v) is 11.2. The van der Waals surface area contributed by atoms with Crippen molar-refractivity contribution in [1.29, 1.82) is 0 Å². The van der Waals surface area contributed by atoms with E-state index in [0.717, 1.165) is 42.1 Å². The minimum atomic E-state index is -0.477. The van der Waals surface area contributed by atoms with Crippen molar-refractivity contribution in [2.24, 2.45) is 5.41 Å². The van der Waals surface area contributed by atoms with Crippen molar-refractivity contribution in [2.45, 2.75) is 52.0 Å². The Morgan fingerprint density at radius 3 is 2.71 bits per heavy atom. The minimum Gasteiger partial charge on any atom is -0.496 e. The molecule has 7 nitrogen and oxygen atoms in total. The Balaban J connectivity index is 1.58. The highest BCUT2D eigenvalue weighted by molar-refractivity contribution is 6.00. The van der Waals surface area contributed by atoms with Gasteiger partial charge in [0.15, 0.2) is 5.82 Å². The Bertz CT molecular complexity index is 939. The molecule has 1 aromatic heterocycles. The van der Waals surface area contributed by atoms with Crippen molar-refractivity contribution in [3.63, 3.8) is 0 Å². The Labute approximate surface area is 184 Å². The summed E-state index contributed by atoms with van der Waals surface area (Å²) in [6.07, 6.45) is 7.35. The van der Waals surface area contributed by atoms with Crippen molar-refractivity contribution < 1.29 is 9.53 Å². The molecule has 1 amide bonds. The minimum absolute atomic E-state index is 0.106. The third kappa shape index (κ3) is 4.31. The molecule has 0 spiro atoms. The lowest BCUT2D eigenvalue weighted by Gasteiger charge is -2.34. The molecule has 1 aliphatic carbocycles. The van der Waals surface area contributed by atoms with Crippen molar-refractivity contribution >= 4 is 23.4 Å². The van der Waals surface area contributed by atoms with Crippen LogP contribution in [0.1, 0.15) is 45.1 Å². The SMILES string of the molecule is COc1ccccc1CCNc1ncc2c(n1)N(C1CCCC1)CC(C)(C)C(=O)N2C. The van der Waals surface area contributed by atoms with Crippen molar-refractivity contribution in [1.82, 2.24) is 9.97 Å². The van der Waals surface area contributed by atoms with E-state index in [1.165, 1.54) is 12.8 Å². The Morgan fingerprint density at radius 1 is 1.23 bits per heavy atom. The number of rotatable bonds is 6. The van der Waals surface area contributed by atoms with Crippen molar-refractivity contribution in [3.8, 4) is 5.75 Å². The van der Waals surface area contributed by atoms with E-state index in [9.17, 15) is 4.79 Å². The average molecular weight is 424 g/mol. The van der Waals surface area contributed by atoms with Crippen LogP contribution in [-0.2, 0) is 11.2 Å². The summed E-state index contributed by atoms with van der Waals surface area (Å²) in [7, 11) is 3.53. The molecule has 31 heavy (non-hydrogen) atoms. The topological polar surface area (TPSA) is 70.6 Å². The van der Waals surface area contributed by atoms with Gasteiger partial charge in [0, 0.05) is 26.2 Å². The maximum atomic E-state index is 13.1. The number of hydrogen-bond donors (Lipinski definition) is 1. The van der Waals surface area contributed by atoms with Crippen LogP contribution in [0.25, 0.3) is 0 Å². The number of hydrogen-bond acceptors (Lipinski definition) is 6. The van der Waals surface area contributed by atoms with Crippen molar-refractivity contribution in [3.05, 3.63) is 36.0 Å². The van der Waals surface area contributed by atoms with E-state index in [4.69, 9.17) is 9.72 Å². The first-order valence-electron chi connectivity index (χ1n) is 11.2.